The van der Waals surface area contributed by atoms with Crippen LogP contribution in [-0.2, 0) is 9.59 Å². The Bertz CT molecular complexity index is 631. The highest BCUT2D eigenvalue weighted by molar-refractivity contribution is 6.30. The van der Waals surface area contributed by atoms with Gasteiger partial charge in [0.15, 0.2) is 0 Å². The lowest BCUT2D eigenvalue weighted by Crippen LogP contribution is -2.51. The lowest BCUT2D eigenvalue weighted by atomic mass is 9.91. The van der Waals surface area contributed by atoms with Crippen LogP contribution in [0, 0.1) is 5.92 Å². The molecule has 0 spiro atoms. The van der Waals surface area contributed by atoms with Gasteiger partial charge in [-0.1, -0.05) is 11.6 Å². The fourth-order valence-electron chi connectivity index (χ4n) is 3.77. The minimum Gasteiger partial charge on any atom is -0.490 e. The van der Waals surface area contributed by atoms with Gasteiger partial charge in [0, 0.05) is 36.9 Å². The molecule has 1 aromatic rings. The largest absolute Gasteiger partial charge is 0.490 e. The number of nitrogens with two attached hydrogens (primary N) is 1. The van der Waals surface area contributed by atoms with E-state index >= 15 is 0 Å². The smallest absolute Gasteiger partial charge is 0.236 e. The van der Waals surface area contributed by atoms with E-state index in [1.807, 2.05) is 17.0 Å². The molecule has 1 aromatic carbocycles. The molecule has 0 radical (unpaired) electrons. The summed E-state index contributed by atoms with van der Waals surface area (Å²) in [5.74, 6) is 0.380. The first kappa shape index (κ1) is 19.0. The number of nitrogens with zero attached hydrogens (tertiary/aromatic N) is 2. The third-order valence-electron chi connectivity index (χ3n) is 5.14. The fraction of sp³-hybridized carbons (Fsp3) is 0.579. The van der Waals surface area contributed by atoms with Crippen LogP contribution in [0.4, 0.5) is 0 Å². The van der Waals surface area contributed by atoms with Crippen LogP contribution in [0.25, 0.3) is 0 Å². The summed E-state index contributed by atoms with van der Waals surface area (Å²) in [7, 11) is 0. The Hall–Kier alpha value is -1.79. The molecule has 2 fully saturated rings. The highest BCUT2D eigenvalue weighted by atomic mass is 35.5. The van der Waals surface area contributed by atoms with Gasteiger partial charge >= 0.3 is 0 Å². The lowest BCUT2D eigenvalue weighted by molar-refractivity contribution is -0.136. The van der Waals surface area contributed by atoms with Crippen LogP contribution >= 0.6 is 11.6 Å². The highest BCUT2D eigenvalue weighted by Crippen LogP contribution is 2.26. The van der Waals surface area contributed by atoms with Crippen LogP contribution in [0.2, 0.25) is 5.02 Å². The summed E-state index contributed by atoms with van der Waals surface area (Å²) in [6, 6.07) is 7.17. The van der Waals surface area contributed by atoms with E-state index in [-0.39, 0.29) is 30.3 Å². The van der Waals surface area contributed by atoms with E-state index in [2.05, 4.69) is 4.90 Å². The zero-order valence-electron chi connectivity index (χ0n) is 14.9. The normalized spacial score (nSPS) is 23.8. The van der Waals surface area contributed by atoms with Crippen molar-refractivity contribution in [3.63, 3.8) is 0 Å². The third-order valence-corrected chi connectivity index (χ3v) is 5.39. The van der Waals surface area contributed by atoms with Gasteiger partial charge in [0.25, 0.3) is 0 Å². The number of piperidine rings is 1. The summed E-state index contributed by atoms with van der Waals surface area (Å²) in [6.45, 7) is 3.60. The standard InChI is InChI=1S/C19H26ClN3O3/c20-15-3-5-16(6-4-15)26-17-7-10-23(12-14(17)11-18(21)24)19(25)13-22-8-1-2-9-22/h3-6,14,17H,1-2,7-13H2,(H2,21,24)/t14-,17-/m0/s1. The molecule has 0 bridgehead atoms. The third kappa shape index (κ3) is 5.11. The van der Waals surface area contributed by atoms with E-state index in [1.165, 1.54) is 0 Å². The number of primary amides is 1. The molecule has 26 heavy (non-hydrogen) atoms. The Kier molecular flexibility index (Phi) is 6.38. The van der Waals surface area contributed by atoms with Crippen molar-refractivity contribution in [2.75, 3.05) is 32.7 Å². The quantitative estimate of drug-likeness (QED) is 0.819. The maximum absolute atomic E-state index is 12.6. The zero-order chi connectivity index (χ0) is 18.5. The molecule has 2 saturated heterocycles. The van der Waals surface area contributed by atoms with Crippen LogP contribution in [0.3, 0.4) is 0 Å². The molecule has 2 aliphatic rings. The summed E-state index contributed by atoms with van der Waals surface area (Å²) in [6.07, 6.45) is 3.08. The van der Waals surface area contributed by atoms with E-state index in [1.54, 1.807) is 12.1 Å². The number of amides is 2. The Morgan fingerprint density at radius 3 is 2.50 bits per heavy atom. The second kappa shape index (κ2) is 8.73. The van der Waals surface area contributed by atoms with Crippen LogP contribution in [0.1, 0.15) is 25.7 Å². The number of ether oxygens (including phenoxy) is 1. The molecule has 2 N–H and O–H groups in total. The van der Waals surface area contributed by atoms with E-state index in [0.717, 1.165) is 25.9 Å². The number of carbonyl (C=O) groups excluding carboxylic acids is 2. The van der Waals surface area contributed by atoms with Gasteiger partial charge in [-0.2, -0.15) is 0 Å². The molecular weight excluding hydrogens is 354 g/mol. The summed E-state index contributed by atoms with van der Waals surface area (Å²) >= 11 is 5.91. The van der Waals surface area contributed by atoms with E-state index in [4.69, 9.17) is 22.1 Å². The van der Waals surface area contributed by atoms with Crippen molar-refractivity contribution >= 4 is 23.4 Å². The second-order valence-electron chi connectivity index (χ2n) is 7.15. The van der Waals surface area contributed by atoms with Crippen molar-refractivity contribution in [3.8, 4) is 5.75 Å². The van der Waals surface area contributed by atoms with Crippen LogP contribution in [0.15, 0.2) is 24.3 Å². The lowest BCUT2D eigenvalue weighted by Gasteiger charge is -2.38. The predicted octanol–water partition coefficient (Wildman–Crippen LogP) is 1.91. The molecule has 2 heterocycles. The minimum atomic E-state index is -0.367. The number of rotatable bonds is 6. The van der Waals surface area contributed by atoms with Crippen LogP contribution < -0.4 is 10.5 Å². The Morgan fingerprint density at radius 2 is 1.85 bits per heavy atom. The summed E-state index contributed by atoms with van der Waals surface area (Å²) in [4.78, 5) is 28.2. The molecule has 3 rings (SSSR count). The molecule has 2 amide bonds. The first-order valence-corrected chi connectivity index (χ1v) is 9.59. The number of carbonyl (C=O) groups is 2. The molecule has 2 aliphatic heterocycles. The summed E-state index contributed by atoms with van der Waals surface area (Å²) < 4.78 is 6.07. The number of hydrogen-bond acceptors (Lipinski definition) is 4. The second-order valence-corrected chi connectivity index (χ2v) is 7.59. The molecule has 0 aromatic heterocycles. The van der Waals surface area contributed by atoms with Gasteiger partial charge in [0.2, 0.25) is 11.8 Å². The average Bonchev–Trinajstić information content (AvgIpc) is 3.11. The highest BCUT2D eigenvalue weighted by Gasteiger charge is 2.34. The molecule has 0 unspecified atom stereocenters. The molecular formula is C19H26ClN3O3. The van der Waals surface area contributed by atoms with Crippen LogP contribution in [0.5, 0.6) is 5.75 Å². The number of halogens is 1. The summed E-state index contributed by atoms with van der Waals surface area (Å²) in [5, 5.41) is 0.647. The molecule has 0 saturated carbocycles. The van der Waals surface area contributed by atoms with Gasteiger partial charge in [-0.15, -0.1) is 0 Å². The number of hydrogen-bond donors (Lipinski definition) is 1. The maximum atomic E-state index is 12.6. The van der Waals surface area contributed by atoms with Gasteiger partial charge < -0.3 is 15.4 Å². The first-order valence-electron chi connectivity index (χ1n) is 9.22. The van der Waals surface area contributed by atoms with Gasteiger partial charge in [0.05, 0.1) is 6.54 Å². The minimum absolute atomic E-state index is 0.0977. The van der Waals surface area contributed by atoms with E-state index < -0.39 is 0 Å². The molecule has 142 valence electrons. The van der Waals surface area contributed by atoms with Crippen molar-refractivity contribution in [1.29, 1.82) is 0 Å². The van der Waals surface area contributed by atoms with Crippen molar-refractivity contribution in [2.24, 2.45) is 11.7 Å². The average molecular weight is 380 g/mol. The zero-order valence-corrected chi connectivity index (χ0v) is 15.7. The molecule has 6 nitrogen and oxygen atoms in total. The molecule has 2 atom stereocenters. The summed E-state index contributed by atoms with van der Waals surface area (Å²) in [5.41, 5.74) is 5.43. The molecule has 7 heteroatoms. The van der Waals surface area contributed by atoms with Crippen molar-refractivity contribution in [2.45, 2.75) is 31.8 Å². The Labute approximate surface area is 159 Å². The first-order chi connectivity index (χ1) is 12.5. The molecule has 0 aliphatic carbocycles. The topological polar surface area (TPSA) is 75.9 Å². The van der Waals surface area contributed by atoms with Crippen molar-refractivity contribution in [3.05, 3.63) is 29.3 Å². The Balaban J connectivity index is 1.61. The van der Waals surface area contributed by atoms with Gasteiger partial charge in [-0.3, -0.25) is 14.5 Å². The van der Waals surface area contributed by atoms with Crippen molar-refractivity contribution < 1.29 is 14.3 Å². The SMILES string of the molecule is NC(=O)C[C@H]1CN(C(=O)CN2CCCC2)CC[C@@H]1Oc1ccc(Cl)cc1. The van der Waals surface area contributed by atoms with Gasteiger partial charge in [-0.05, 0) is 50.2 Å². The van der Waals surface area contributed by atoms with Gasteiger partial charge in [0.1, 0.15) is 11.9 Å². The fourth-order valence-corrected chi connectivity index (χ4v) is 3.89. The monoisotopic (exact) mass is 379 g/mol. The van der Waals surface area contributed by atoms with Crippen molar-refractivity contribution in [1.82, 2.24) is 9.80 Å². The Morgan fingerprint density at radius 1 is 1.15 bits per heavy atom. The van der Waals surface area contributed by atoms with Crippen LogP contribution in [-0.4, -0.2) is 60.4 Å². The maximum Gasteiger partial charge on any atom is 0.236 e. The van der Waals surface area contributed by atoms with E-state index in [9.17, 15) is 9.59 Å². The van der Waals surface area contributed by atoms with E-state index in [0.29, 0.717) is 36.8 Å². The van der Waals surface area contributed by atoms with Gasteiger partial charge in [-0.25, -0.2) is 0 Å². The predicted molar refractivity (Wildman–Crippen MR) is 100 cm³/mol. The number of benzene rings is 1. The number of likely N-dealkylation sites (tertiary alicyclic amines) is 2.